The molecule has 0 bridgehead atoms. The van der Waals surface area contributed by atoms with Gasteiger partial charge in [-0.15, -0.1) is 0 Å². The van der Waals surface area contributed by atoms with Gasteiger partial charge < -0.3 is 15.2 Å². The van der Waals surface area contributed by atoms with Crippen molar-refractivity contribution < 1.29 is 9.47 Å². The van der Waals surface area contributed by atoms with Gasteiger partial charge in [-0.05, 0) is 30.9 Å². The molecule has 0 unspecified atom stereocenters. The third-order valence-corrected chi connectivity index (χ3v) is 3.17. The number of hydrogen-bond acceptors (Lipinski definition) is 3. The summed E-state index contributed by atoms with van der Waals surface area (Å²) in [6.45, 7) is 0.813. The zero-order chi connectivity index (χ0) is 11.4. The van der Waals surface area contributed by atoms with Gasteiger partial charge in [0.15, 0.2) is 0 Å². The van der Waals surface area contributed by atoms with Crippen molar-refractivity contribution in [2.45, 2.75) is 25.7 Å². The summed E-state index contributed by atoms with van der Waals surface area (Å²) in [6, 6.07) is 5.57. The van der Waals surface area contributed by atoms with Gasteiger partial charge in [-0.1, -0.05) is 12.8 Å². The number of nitrogens with two attached hydrogens (primary N) is 1. The lowest BCUT2D eigenvalue weighted by atomic mass is 10.1. The van der Waals surface area contributed by atoms with Crippen molar-refractivity contribution in [3.8, 4) is 11.5 Å². The SMILES string of the molecule is COc1cc(OCC2CCCC2)ccc1N. The second kappa shape index (κ2) is 5.10. The highest BCUT2D eigenvalue weighted by Crippen LogP contribution is 2.29. The van der Waals surface area contributed by atoms with Gasteiger partial charge in [0.1, 0.15) is 11.5 Å². The van der Waals surface area contributed by atoms with E-state index in [0.717, 1.165) is 18.3 Å². The monoisotopic (exact) mass is 221 g/mol. The fourth-order valence-electron chi connectivity index (χ4n) is 2.17. The number of benzene rings is 1. The third-order valence-electron chi connectivity index (χ3n) is 3.17. The van der Waals surface area contributed by atoms with Crippen LogP contribution in [-0.2, 0) is 0 Å². The van der Waals surface area contributed by atoms with E-state index >= 15 is 0 Å². The highest BCUT2D eigenvalue weighted by molar-refractivity contribution is 5.55. The van der Waals surface area contributed by atoms with Crippen molar-refractivity contribution in [1.82, 2.24) is 0 Å². The average Bonchev–Trinajstić information content (AvgIpc) is 2.81. The molecule has 1 aliphatic rings. The molecule has 0 radical (unpaired) electrons. The number of rotatable bonds is 4. The summed E-state index contributed by atoms with van der Waals surface area (Å²) in [7, 11) is 1.62. The van der Waals surface area contributed by atoms with Crippen LogP contribution >= 0.6 is 0 Å². The molecule has 2 rings (SSSR count). The Morgan fingerprint density at radius 2 is 2.06 bits per heavy atom. The van der Waals surface area contributed by atoms with Crippen LogP contribution in [0.5, 0.6) is 11.5 Å². The van der Waals surface area contributed by atoms with Gasteiger partial charge in [-0.2, -0.15) is 0 Å². The van der Waals surface area contributed by atoms with Gasteiger partial charge in [-0.3, -0.25) is 0 Å². The van der Waals surface area contributed by atoms with Crippen molar-refractivity contribution in [1.29, 1.82) is 0 Å². The zero-order valence-corrected chi connectivity index (χ0v) is 9.74. The lowest BCUT2D eigenvalue weighted by molar-refractivity contribution is 0.251. The van der Waals surface area contributed by atoms with Crippen LogP contribution in [-0.4, -0.2) is 13.7 Å². The Hall–Kier alpha value is -1.38. The molecule has 0 amide bonds. The molecule has 1 aliphatic carbocycles. The van der Waals surface area contributed by atoms with E-state index < -0.39 is 0 Å². The minimum Gasteiger partial charge on any atom is -0.494 e. The summed E-state index contributed by atoms with van der Waals surface area (Å²) in [5.74, 6) is 2.26. The van der Waals surface area contributed by atoms with E-state index in [1.54, 1.807) is 7.11 Å². The molecule has 0 spiro atoms. The normalized spacial score (nSPS) is 16.3. The maximum atomic E-state index is 5.75. The van der Waals surface area contributed by atoms with Gasteiger partial charge in [0, 0.05) is 6.07 Å². The van der Waals surface area contributed by atoms with E-state index in [4.69, 9.17) is 15.2 Å². The highest BCUT2D eigenvalue weighted by Gasteiger charge is 2.15. The van der Waals surface area contributed by atoms with Crippen LogP contribution in [0.4, 0.5) is 5.69 Å². The fraction of sp³-hybridized carbons (Fsp3) is 0.538. The van der Waals surface area contributed by atoms with E-state index in [2.05, 4.69) is 0 Å². The molecule has 0 aliphatic heterocycles. The van der Waals surface area contributed by atoms with E-state index in [1.807, 2.05) is 18.2 Å². The molecule has 0 heterocycles. The van der Waals surface area contributed by atoms with Gasteiger partial charge in [0.2, 0.25) is 0 Å². The molecular weight excluding hydrogens is 202 g/mol. The zero-order valence-electron chi connectivity index (χ0n) is 9.74. The molecule has 0 aromatic heterocycles. The number of ether oxygens (including phenoxy) is 2. The van der Waals surface area contributed by atoms with Crippen LogP contribution in [0.2, 0.25) is 0 Å². The number of nitrogen functional groups attached to an aromatic ring is 1. The number of methoxy groups -OCH3 is 1. The Bertz CT molecular complexity index is 346. The predicted molar refractivity (Wildman–Crippen MR) is 64.9 cm³/mol. The van der Waals surface area contributed by atoms with E-state index in [0.29, 0.717) is 11.4 Å². The summed E-state index contributed by atoms with van der Waals surface area (Å²) in [4.78, 5) is 0. The smallest absolute Gasteiger partial charge is 0.145 e. The Kier molecular flexibility index (Phi) is 3.54. The Labute approximate surface area is 96.5 Å². The molecule has 0 saturated heterocycles. The van der Waals surface area contributed by atoms with Crippen LogP contribution in [0.1, 0.15) is 25.7 Å². The van der Waals surface area contributed by atoms with Gasteiger partial charge >= 0.3 is 0 Å². The van der Waals surface area contributed by atoms with E-state index in [9.17, 15) is 0 Å². The van der Waals surface area contributed by atoms with Crippen molar-refractivity contribution >= 4 is 5.69 Å². The maximum Gasteiger partial charge on any atom is 0.145 e. The minimum atomic E-state index is 0.649. The van der Waals surface area contributed by atoms with Crippen LogP contribution in [0.25, 0.3) is 0 Å². The summed E-state index contributed by atoms with van der Waals surface area (Å²) in [5.41, 5.74) is 6.39. The lowest BCUT2D eigenvalue weighted by Gasteiger charge is -2.12. The van der Waals surface area contributed by atoms with Crippen molar-refractivity contribution in [3.05, 3.63) is 18.2 Å². The molecular formula is C13H19NO2. The van der Waals surface area contributed by atoms with Crippen LogP contribution in [0, 0.1) is 5.92 Å². The first kappa shape index (κ1) is 11.1. The molecule has 3 heteroatoms. The van der Waals surface area contributed by atoms with Gasteiger partial charge in [0.05, 0.1) is 19.4 Å². The molecule has 88 valence electrons. The van der Waals surface area contributed by atoms with Crippen molar-refractivity contribution in [3.63, 3.8) is 0 Å². The van der Waals surface area contributed by atoms with Crippen LogP contribution < -0.4 is 15.2 Å². The van der Waals surface area contributed by atoms with Crippen molar-refractivity contribution in [2.75, 3.05) is 19.5 Å². The van der Waals surface area contributed by atoms with Crippen molar-refractivity contribution in [2.24, 2.45) is 5.92 Å². The molecule has 16 heavy (non-hydrogen) atoms. The Balaban J connectivity index is 1.93. The van der Waals surface area contributed by atoms with Gasteiger partial charge in [-0.25, -0.2) is 0 Å². The first-order valence-electron chi connectivity index (χ1n) is 5.86. The molecule has 3 nitrogen and oxygen atoms in total. The largest absolute Gasteiger partial charge is 0.494 e. The first-order valence-corrected chi connectivity index (χ1v) is 5.86. The summed E-state index contributed by atoms with van der Waals surface area (Å²) in [6.07, 6.45) is 5.29. The summed E-state index contributed by atoms with van der Waals surface area (Å²) >= 11 is 0. The second-order valence-electron chi connectivity index (χ2n) is 4.37. The minimum absolute atomic E-state index is 0.649. The predicted octanol–water partition coefficient (Wildman–Crippen LogP) is 2.85. The topological polar surface area (TPSA) is 44.5 Å². The molecule has 2 N–H and O–H groups in total. The Morgan fingerprint density at radius 1 is 1.31 bits per heavy atom. The fourth-order valence-corrected chi connectivity index (χ4v) is 2.17. The first-order chi connectivity index (χ1) is 7.79. The molecule has 1 aromatic rings. The van der Waals surface area contributed by atoms with Gasteiger partial charge in [0.25, 0.3) is 0 Å². The Morgan fingerprint density at radius 3 is 2.75 bits per heavy atom. The van der Waals surface area contributed by atoms with Crippen LogP contribution in [0.3, 0.4) is 0 Å². The third kappa shape index (κ3) is 2.60. The standard InChI is InChI=1S/C13H19NO2/c1-15-13-8-11(6-7-12(13)14)16-9-10-4-2-3-5-10/h6-8,10H,2-5,9,14H2,1H3. The lowest BCUT2D eigenvalue weighted by Crippen LogP contribution is -2.08. The molecule has 1 fully saturated rings. The number of hydrogen-bond donors (Lipinski definition) is 1. The molecule has 1 aromatic carbocycles. The average molecular weight is 221 g/mol. The quantitative estimate of drug-likeness (QED) is 0.795. The van der Waals surface area contributed by atoms with Crippen LogP contribution in [0.15, 0.2) is 18.2 Å². The second-order valence-corrected chi connectivity index (χ2v) is 4.37. The van der Waals surface area contributed by atoms with E-state index in [1.165, 1.54) is 25.7 Å². The maximum absolute atomic E-state index is 5.75. The molecule has 0 atom stereocenters. The summed E-state index contributed by atoms with van der Waals surface area (Å²) < 4.78 is 10.9. The summed E-state index contributed by atoms with van der Waals surface area (Å²) in [5, 5.41) is 0. The highest BCUT2D eigenvalue weighted by atomic mass is 16.5. The number of anilines is 1. The van der Waals surface area contributed by atoms with E-state index in [-0.39, 0.29) is 0 Å². The molecule has 1 saturated carbocycles.